The van der Waals surface area contributed by atoms with Crippen molar-refractivity contribution >= 4 is 11.8 Å². The number of carbonyl (C=O) groups is 2. The van der Waals surface area contributed by atoms with E-state index in [2.05, 4.69) is 5.32 Å². The second-order valence-corrected chi connectivity index (χ2v) is 7.74. The van der Waals surface area contributed by atoms with Crippen molar-refractivity contribution in [3.8, 4) is 11.5 Å². The molecule has 30 heavy (non-hydrogen) atoms. The number of benzene rings is 2. The number of hydrogen-bond acceptors (Lipinski definition) is 4. The Hall–Kier alpha value is -3.02. The maximum Gasteiger partial charge on any atom is 0.261 e. The Bertz CT molecular complexity index is 851. The number of para-hydroxylation sites is 1. The van der Waals surface area contributed by atoms with Crippen LogP contribution in [0.25, 0.3) is 0 Å². The highest BCUT2D eigenvalue weighted by atomic mass is 16.5. The smallest absolute Gasteiger partial charge is 0.261 e. The lowest BCUT2D eigenvalue weighted by Gasteiger charge is -2.29. The van der Waals surface area contributed by atoms with Crippen LogP contribution in [0.2, 0.25) is 0 Å². The molecule has 1 atom stereocenters. The summed E-state index contributed by atoms with van der Waals surface area (Å²) < 4.78 is 11.0. The predicted molar refractivity (Wildman–Crippen MR) is 118 cm³/mol. The molecule has 0 aliphatic rings. The molecule has 0 aromatic heterocycles. The van der Waals surface area contributed by atoms with Gasteiger partial charge in [-0.25, -0.2) is 0 Å². The normalized spacial score (nSPS) is 11.7. The summed E-state index contributed by atoms with van der Waals surface area (Å²) in [6.07, 6.45) is 0. The average molecular weight is 413 g/mol. The highest BCUT2D eigenvalue weighted by Gasteiger charge is 2.26. The summed E-state index contributed by atoms with van der Waals surface area (Å²) >= 11 is 0. The lowest BCUT2D eigenvalue weighted by atomic mass is 10.1. The van der Waals surface area contributed by atoms with Gasteiger partial charge in [0, 0.05) is 13.1 Å². The van der Waals surface area contributed by atoms with Crippen LogP contribution in [-0.4, -0.2) is 43.0 Å². The van der Waals surface area contributed by atoms with Crippen LogP contribution >= 0.6 is 0 Å². The molecule has 162 valence electrons. The van der Waals surface area contributed by atoms with Gasteiger partial charge in [0.05, 0.1) is 7.11 Å². The van der Waals surface area contributed by atoms with Crippen LogP contribution in [0.1, 0.15) is 31.9 Å². The van der Waals surface area contributed by atoms with Gasteiger partial charge in [-0.2, -0.15) is 0 Å². The summed E-state index contributed by atoms with van der Waals surface area (Å²) in [5.41, 5.74) is 1.83. The Morgan fingerprint density at radius 2 is 1.80 bits per heavy atom. The summed E-state index contributed by atoms with van der Waals surface area (Å²) in [5.74, 6) is 1.24. The van der Waals surface area contributed by atoms with Gasteiger partial charge in [0.15, 0.2) is 6.61 Å². The monoisotopic (exact) mass is 412 g/mol. The van der Waals surface area contributed by atoms with Crippen molar-refractivity contribution in [2.24, 2.45) is 5.92 Å². The SMILES string of the molecule is COc1cccc(CN(C(=O)COc2ccccc2C)C(C)C(=O)NCC(C)C)c1. The third-order valence-corrected chi connectivity index (χ3v) is 4.78. The van der Waals surface area contributed by atoms with Gasteiger partial charge in [-0.15, -0.1) is 0 Å². The summed E-state index contributed by atoms with van der Waals surface area (Å²) in [6.45, 7) is 8.42. The summed E-state index contributed by atoms with van der Waals surface area (Å²) in [4.78, 5) is 27.3. The van der Waals surface area contributed by atoms with Crippen LogP contribution in [0.5, 0.6) is 11.5 Å². The average Bonchev–Trinajstić information content (AvgIpc) is 2.74. The molecule has 0 bridgehead atoms. The summed E-state index contributed by atoms with van der Waals surface area (Å²) in [5, 5.41) is 2.91. The molecule has 1 unspecified atom stereocenters. The van der Waals surface area contributed by atoms with E-state index in [1.807, 2.05) is 69.3 Å². The second-order valence-electron chi connectivity index (χ2n) is 7.74. The van der Waals surface area contributed by atoms with Gasteiger partial charge in [0.25, 0.3) is 5.91 Å². The Kier molecular flexibility index (Phi) is 8.71. The van der Waals surface area contributed by atoms with E-state index >= 15 is 0 Å². The van der Waals surface area contributed by atoms with Crippen molar-refractivity contribution in [2.45, 2.75) is 40.3 Å². The third kappa shape index (κ3) is 6.79. The molecule has 2 aromatic rings. The molecular formula is C24H32N2O4. The number of rotatable bonds is 10. The van der Waals surface area contributed by atoms with Crippen LogP contribution in [0.3, 0.4) is 0 Å². The van der Waals surface area contributed by atoms with Crippen LogP contribution in [0.15, 0.2) is 48.5 Å². The largest absolute Gasteiger partial charge is 0.497 e. The summed E-state index contributed by atoms with van der Waals surface area (Å²) in [7, 11) is 1.60. The minimum absolute atomic E-state index is 0.142. The Labute approximate surface area is 179 Å². The van der Waals surface area contributed by atoms with E-state index in [1.165, 1.54) is 0 Å². The Balaban J connectivity index is 2.17. The fraction of sp³-hybridized carbons (Fsp3) is 0.417. The van der Waals surface area contributed by atoms with Gasteiger partial charge < -0.3 is 19.7 Å². The molecule has 0 radical (unpaired) electrons. The lowest BCUT2D eigenvalue weighted by Crippen LogP contribution is -2.49. The maximum atomic E-state index is 13.1. The fourth-order valence-corrected chi connectivity index (χ4v) is 2.94. The number of aryl methyl sites for hydroxylation is 1. The van der Waals surface area contributed by atoms with E-state index in [0.29, 0.717) is 24.0 Å². The van der Waals surface area contributed by atoms with Gasteiger partial charge in [-0.3, -0.25) is 9.59 Å². The van der Waals surface area contributed by atoms with Crippen LogP contribution in [0.4, 0.5) is 0 Å². The molecule has 6 nitrogen and oxygen atoms in total. The molecule has 2 aromatic carbocycles. The molecule has 1 N–H and O–H groups in total. The van der Waals surface area contributed by atoms with Gasteiger partial charge in [-0.05, 0) is 49.1 Å². The topological polar surface area (TPSA) is 67.9 Å². The van der Waals surface area contributed by atoms with Crippen molar-refractivity contribution in [3.05, 3.63) is 59.7 Å². The van der Waals surface area contributed by atoms with E-state index < -0.39 is 6.04 Å². The van der Waals surface area contributed by atoms with Gasteiger partial charge >= 0.3 is 0 Å². The molecule has 2 rings (SSSR count). The molecule has 0 heterocycles. The number of hydrogen-bond donors (Lipinski definition) is 1. The van der Waals surface area contributed by atoms with Crippen LogP contribution < -0.4 is 14.8 Å². The number of ether oxygens (including phenoxy) is 2. The highest BCUT2D eigenvalue weighted by Crippen LogP contribution is 2.18. The van der Waals surface area contributed by atoms with E-state index in [4.69, 9.17) is 9.47 Å². The molecular weight excluding hydrogens is 380 g/mol. The number of carbonyl (C=O) groups excluding carboxylic acids is 2. The second kappa shape index (κ2) is 11.2. The fourth-order valence-electron chi connectivity index (χ4n) is 2.94. The molecule has 0 fully saturated rings. The van der Waals surface area contributed by atoms with Gasteiger partial charge in [-0.1, -0.05) is 44.2 Å². The minimum atomic E-state index is -0.636. The molecule has 0 aliphatic carbocycles. The Morgan fingerprint density at radius 1 is 1.07 bits per heavy atom. The molecule has 0 saturated carbocycles. The molecule has 6 heteroatoms. The Morgan fingerprint density at radius 3 is 2.47 bits per heavy atom. The summed E-state index contributed by atoms with van der Waals surface area (Å²) in [6, 6.07) is 14.4. The minimum Gasteiger partial charge on any atom is -0.497 e. The first-order valence-corrected chi connectivity index (χ1v) is 10.2. The number of nitrogens with zero attached hydrogens (tertiary/aromatic N) is 1. The molecule has 0 aliphatic heterocycles. The zero-order valence-corrected chi connectivity index (χ0v) is 18.5. The maximum absolute atomic E-state index is 13.1. The molecule has 2 amide bonds. The first-order valence-electron chi connectivity index (χ1n) is 10.2. The molecule has 0 saturated heterocycles. The van der Waals surface area contributed by atoms with E-state index in [0.717, 1.165) is 11.1 Å². The zero-order valence-electron chi connectivity index (χ0n) is 18.5. The quantitative estimate of drug-likeness (QED) is 0.648. The lowest BCUT2D eigenvalue weighted by molar-refractivity contribution is -0.142. The number of methoxy groups -OCH3 is 1. The standard InChI is InChI=1S/C24H32N2O4/c1-17(2)14-25-24(28)19(4)26(15-20-10-8-11-21(13-20)29-5)23(27)16-30-22-12-7-6-9-18(22)3/h6-13,17,19H,14-16H2,1-5H3,(H,25,28). The third-order valence-electron chi connectivity index (χ3n) is 4.78. The van der Waals surface area contributed by atoms with E-state index in [9.17, 15) is 9.59 Å². The van der Waals surface area contributed by atoms with E-state index in [-0.39, 0.29) is 25.0 Å². The van der Waals surface area contributed by atoms with Crippen LogP contribution in [-0.2, 0) is 16.1 Å². The van der Waals surface area contributed by atoms with Crippen molar-refractivity contribution in [1.82, 2.24) is 10.2 Å². The van der Waals surface area contributed by atoms with Crippen molar-refractivity contribution in [3.63, 3.8) is 0 Å². The van der Waals surface area contributed by atoms with Crippen molar-refractivity contribution in [1.29, 1.82) is 0 Å². The van der Waals surface area contributed by atoms with Gasteiger partial charge in [0.1, 0.15) is 17.5 Å². The van der Waals surface area contributed by atoms with Crippen LogP contribution in [0, 0.1) is 12.8 Å². The number of amides is 2. The van der Waals surface area contributed by atoms with Crippen molar-refractivity contribution in [2.75, 3.05) is 20.3 Å². The first-order chi connectivity index (χ1) is 14.3. The zero-order chi connectivity index (χ0) is 22.1. The van der Waals surface area contributed by atoms with Gasteiger partial charge in [0.2, 0.25) is 5.91 Å². The predicted octanol–water partition coefficient (Wildman–Crippen LogP) is 3.57. The molecule has 0 spiro atoms. The highest BCUT2D eigenvalue weighted by molar-refractivity contribution is 5.88. The van der Waals surface area contributed by atoms with E-state index in [1.54, 1.807) is 18.9 Å². The number of nitrogens with one attached hydrogen (secondary N) is 1. The first kappa shape index (κ1) is 23.3. The van der Waals surface area contributed by atoms with Crippen molar-refractivity contribution < 1.29 is 19.1 Å².